The van der Waals surface area contributed by atoms with Gasteiger partial charge >= 0.3 is 6.18 Å². The molecule has 0 aromatic carbocycles. The van der Waals surface area contributed by atoms with Gasteiger partial charge in [-0.05, 0) is 0 Å². The predicted molar refractivity (Wildman–Crippen MR) is 31.6 cm³/mol. The first-order chi connectivity index (χ1) is 5.99. The van der Waals surface area contributed by atoms with Crippen molar-refractivity contribution in [3.8, 4) is 6.07 Å². The molecule has 0 bridgehead atoms. The van der Waals surface area contributed by atoms with Crippen LogP contribution in [0.3, 0.4) is 0 Å². The van der Waals surface area contributed by atoms with Crippen LogP contribution >= 0.6 is 0 Å². The van der Waals surface area contributed by atoms with Gasteiger partial charge in [-0.15, -0.1) is 0 Å². The fourth-order valence-electron chi connectivity index (χ4n) is 0.655. The Labute approximate surface area is 69.6 Å². The molecule has 1 heterocycles. The number of carbonyl (C=O) groups is 1. The Hall–Kier alpha value is -1.84. The van der Waals surface area contributed by atoms with Crippen LogP contribution in [0.4, 0.5) is 13.2 Å². The second kappa shape index (κ2) is 2.90. The van der Waals surface area contributed by atoms with E-state index in [9.17, 15) is 18.0 Å². The average Bonchev–Trinajstić information content (AvgIpc) is 2.46. The Kier molecular flexibility index (Phi) is 2.06. The zero-order chi connectivity index (χ0) is 10.1. The topological polar surface area (TPSA) is 66.9 Å². The van der Waals surface area contributed by atoms with E-state index < -0.39 is 23.5 Å². The van der Waals surface area contributed by atoms with Crippen molar-refractivity contribution >= 4 is 6.29 Å². The zero-order valence-corrected chi connectivity index (χ0v) is 5.92. The van der Waals surface area contributed by atoms with Gasteiger partial charge in [-0.25, -0.2) is 4.98 Å². The lowest BCUT2D eigenvalue weighted by Gasteiger charge is -1.99. The van der Waals surface area contributed by atoms with E-state index in [0.29, 0.717) is 0 Å². The van der Waals surface area contributed by atoms with Crippen LogP contribution in [0.2, 0.25) is 0 Å². The molecular weight excluding hydrogens is 189 g/mol. The van der Waals surface area contributed by atoms with Gasteiger partial charge in [0.15, 0.2) is 0 Å². The fourth-order valence-corrected chi connectivity index (χ4v) is 0.655. The number of carbonyl (C=O) groups excluding carboxylic acids is 1. The lowest BCUT2D eigenvalue weighted by Crippen LogP contribution is -2.07. The van der Waals surface area contributed by atoms with Crippen LogP contribution in [-0.2, 0) is 6.18 Å². The maximum Gasteiger partial charge on any atom is 0.437 e. The molecule has 0 radical (unpaired) electrons. The Bertz CT molecular complexity index is 374. The van der Waals surface area contributed by atoms with E-state index in [-0.39, 0.29) is 6.29 Å². The van der Waals surface area contributed by atoms with Crippen molar-refractivity contribution in [3.63, 3.8) is 0 Å². The average molecular weight is 190 g/mol. The van der Waals surface area contributed by atoms with E-state index in [2.05, 4.69) is 9.40 Å². The van der Waals surface area contributed by atoms with E-state index in [4.69, 9.17) is 5.26 Å². The van der Waals surface area contributed by atoms with E-state index >= 15 is 0 Å². The smallest absolute Gasteiger partial charge is 0.422 e. The number of aldehydes is 1. The van der Waals surface area contributed by atoms with Crippen LogP contribution in [0.5, 0.6) is 0 Å². The van der Waals surface area contributed by atoms with Crippen LogP contribution < -0.4 is 0 Å². The molecule has 0 aliphatic rings. The summed E-state index contributed by atoms with van der Waals surface area (Å²) in [5, 5.41) is 8.19. The normalized spacial score (nSPS) is 10.9. The van der Waals surface area contributed by atoms with Crippen molar-refractivity contribution in [1.29, 1.82) is 5.26 Å². The van der Waals surface area contributed by atoms with Crippen molar-refractivity contribution in [1.82, 2.24) is 4.98 Å². The molecule has 4 nitrogen and oxygen atoms in total. The molecule has 0 saturated heterocycles. The summed E-state index contributed by atoms with van der Waals surface area (Å²) in [5.41, 5.74) is -1.47. The van der Waals surface area contributed by atoms with E-state index in [1.54, 1.807) is 0 Å². The summed E-state index contributed by atoms with van der Waals surface area (Å²) in [6.07, 6.45) is -4.79. The lowest BCUT2D eigenvalue weighted by molar-refractivity contribution is -0.141. The Morgan fingerprint density at radius 3 is 2.46 bits per heavy atom. The summed E-state index contributed by atoms with van der Waals surface area (Å²) in [7, 11) is 0. The Morgan fingerprint density at radius 2 is 2.15 bits per heavy atom. The summed E-state index contributed by atoms with van der Waals surface area (Å²) < 4.78 is 40.2. The van der Waals surface area contributed by atoms with Gasteiger partial charge in [0.1, 0.15) is 6.07 Å². The molecule has 0 atom stereocenters. The first kappa shape index (κ1) is 9.25. The number of hydrogen-bond donors (Lipinski definition) is 0. The van der Waals surface area contributed by atoms with Gasteiger partial charge in [0.05, 0.1) is 0 Å². The highest BCUT2D eigenvalue weighted by Gasteiger charge is 2.39. The molecule has 68 valence electrons. The summed E-state index contributed by atoms with van der Waals surface area (Å²) in [6.45, 7) is 0. The van der Waals surface area contributed by atoms with Gasteiger partial charge in [-0.2, -0.15) is 18.4 Å². The third-order valence-electron chi connectivity index (χ3n) is 1.11. The highest BCUT2D eigenvalue weighted by molar-refractivity contribution is 5.67. The molecule has 0 N–H and O–H groups in total. The highest BCUT2D eigenvalue weighted by atomic mass is 19.4. The van der Waals surface area contributed by atoms with Crippen LogP contribution in [0, 0.1) is 11.3 Å². The molecule has 0 aliphatic heterocycles. The summed E-state index contributed by atoms with van der Waals surface area (Å²) in [6, 6.07) is 1.15. The molecule has 0 amide bonds. The van der Waals surface area contributed by atoms with Crippen molar-refractivity contribution < 1.29 is 22.4 Å². The standard InChI is InChI=1S/C6HF3N2O2/c7-6(8,9)5-3(1-10)13-4(2-12)11-5/h2H. The number of alkyl halides is 3. The number of rotatable bonds is 1. The quantitative estimate of drug-likeness (QED) is 0.627. The first-order valence-corrected chi connectivity index (χ1v) is 2.92. The number of hydrogen-bond acceptors (Lipinski definition) is 4. The lowest BCUT2D eigenvalue weighted by atomic mass is 10.3. The third kappa shape index (κ3) is 1.66. The minimum Gasteiger partial charge on any atom is -0.422 e. The fraction of sp³-hybridized carbons (Fsp3) is 0.167. The molecule has 1 aromatic heterocycles. The highest BCUT2D eigenvalue weighted by Crippen LogP contribution is 2.30. The van der Waals surface area contributed by atoms with Gasteiger partial charge in [-0.3, -0.25) is 4.79 Å². The number of nitrogens with zero attached hydrogens (tertiary/aromatic N) is 2. The maximum absolute atomic E-state index is 12.0. The minimum atomic E-state index is -4.78. The monoisotopic (exact) mass is 190 g/mol. The van der Waals surface area contributed by atoms with Crippen molar-refractivity contribution in [2.24, 2.45) is 0 Å². The second-order valence-electron chi connectivity index (χ2n) is 1.96. The Balaban J connectivity index is 3.29. The number of nitriles is 1. The predicted octanol–water partition coefficient (Wildman–Crippen LogP) is 1.38. The van der Waals surface area contributed by atoms with Crippen LogP contribution in [0.25, 0.3) is 0 Å². The molecule has 1 aromatic rings. The second-order valence-corrected chi connectivity index (χ2v) is 1.96. The first-order valence-electron chi connectivity index (χ1n) is 2.92. The number of oxazole rings is 1. The zero-order valence-electron chi connectivity index (χ0n) is 5.92. The third-order valence-corrected chi connectivity index (χ3v) is 1.11. The van der Waals surface area contributed by atoms with Gasteiger partial charge in [0, 0.05) is 0 Å². The van der Waals surface area contributed by atoms with Crippen LogP contribution in [0.15, 0.2) is 4.42 Å². The Morgan fingerprint density at radius 1 is 1.54 bits per heavy atom. The molecule has 13 heavy (non-hydrogen) atoms. The van der Waals surface area contributed by atoms with Gasteiger partial charge in [-0.1, -0.05) is 0 Å². The summed E-state index contributed by atoms with van der Waals surface area (Å²) >= 11 is 0. The maximum atomic E-state index is 12.0. The van der Waals surface area contributed by atoms with Crippen LogP contribution in [0.1, 0.15) is 22.1 Å². The number of halogens is 3. The molecule has 0 unspecified atom stereocenters. The van der Waals surface area contributed by atoms with E-state index in [1.807, 2.05) is 0 Å². The van der Waals surface area contributed by atoms with Crippen molar-refractivity contribution in [3.05, 3.63) is 17.3 Å². The molecular formula is C6HF3N2O2. The summed E-state index contributed by atoms with van der Waals surface area (Å²) in [5.74, 6) is -1.77. The van der Waals surface area contributed by atoms with Crippen molar-refractivity contribution in [2.45, 2.75) is 6.18 Å². The molecule has 0 aliphatic carbocycles. The SMILES string of the molecule is N#Cc1oc(C=O)nc1C(F)(F)F. The van der Waals surface area contributed by atoms with Gasteiger partial charge in [0.25, 0.3) is 5.89 Å². The number of aromatic nitrogens is 1. The van der Waals surface area contributed by atoms with Crippen molar-refractivity contribution in [2.75, 3.05) is 0 Å². The molecule has 7 heteroatoms. The summed E-state index contributed by atoms with van der Waals surface area (Å²) in [4.78, 5) is 12.8. The molecule has 1 rings (SSSR count). The molecule has 0 fully saturated rings. The largest absolute Gasteiger partial charge is 0.437 e. The van der Waals surface area contributed by atoms with Crippen LogP contribution in [-0.4, -0.2) is 11.3 Å². The molecule has 0 spiro atoms. The molecule has 0 saturated carbocycles. The van der Waals surface area contributed by atoms with E-state index in [1.165, 1.54) is 0 Å². The van der Waals surface area contributed by atoms with E-state index in [0.717, 1.165) is 6.07 Å². The minimum absolute atomic E-state index is 0.00389. The van der Waals surface area contributed by atoms with Gasteiger partial charge in [0.2, 0.25) is 17.7 Å². The van der Waals surface area contributed by atoms with Gasteiger partial charge < -0.3 is 4.42 Å².